The van der Waals surface area contributed by atoms with Gasteiger partial charge < -0.3 is 10.1 Å². The topological polar surface area (TPSA) is 48.4 Å². The van der Waals surface area contributed by atoms with E-state index in [1.807, 2.05) is 30.3 Å². The van der Waals surface area contributed by atoms with Gasteiger partial charge in [0, 0.05) is 16.0 Å². The van der Waals surface area contributed by atoms with Crippen molar-refractivity contribution in [3.8, 4) is 5.88 Å². The first-order valence-electron chi connectivity index (χ1n) is 8.65. The van der Waals surface area contributed by atoms with E-state index in [1.165, 1.54) is 12.1 Å². The van der Waals surface area contributed by atoms with Gasteiger partial charge in [0.1, 0.15) is 0 Å². The Morgan fingerprint density at radius 2 is 1.62 bits per heavy atom. The maximum atomic E-state index is 12.8. The predicted molar refractivity (Wildman–Crippen MR) is 108 cm³/mol. The Morgan fingerprint density at radius 3 is 2.28 bits per heavy atom. The molecule has 3 nitrogen and oxygen atoms in total. The lowest BCUT2D eigenvalue weighted by Crippen LogP contribution is -2.04. The van der Waals surface area contributed by atoms with Crippen LogP contribution in [-0.4, -0.2) is 15.8 Å². The summed E-state index contributed by atoms with van der Waals surface area (Å²) in [7, 11) is 0. The van der Waals surface area contributed by atoms with Gasteiger partial charge in [-0.1, -0.05) is 48.0 Å². The quantitative estimate of drug-likeness (QED) is 0.359. The van der Waals surface area contributed by atoms with Crippen LogP contribution in [0, 0.1) is 0 Å². The van der Waals surface area contributed by atoms with E-state index in [0.717, 1.165) is 12.1 Å². The lowest BCUT2D eigenvalue weighted by atomic mass is 10.0. The van der Waals surface area contributed by atoms with Gasteiger partial charge in [-0.25, -0.2) is 4.99 Å². The average Bonchev–Trinajstić information content (AvgIpc) is 3.01. The Morgan fingerprint density at radius 1 is 0.931 bits per heavy atom. The number of rotatable bonds is 3. The molecule has 0 aliphatic heterocycles. The summed E-state index contributed by atoms with van der Waals surface area (Å²) in [6.45, 7) is 0. The molecule has 0 saturated heterocycles. The lowest BCUT2D eigenvalue weighted by molar-refractivity contribution is -0.137. The number of H-pyrrole nitrogens is 1. The highest BCUT2D eigenvalue weighted by molar-refractivity contribution is 6.31. The number of fused-ring (bicyclic) bond motifs is 1. The molecular weight excluding hydrogens is 401 g/mol. The molecule has 0 saturated carbocycles. The Kier molecular flexibility index (Phi) is 4.80. The summed E-state index contributed by atoms with van der Waals surface area (Å²) in [6, 6.07) is 18.8. The number of halogens is 4. The number of alkyl halides is 3. The summed E-state index contributed by atoms with van der Waals surface area (Å²) in [5, 5.41) is 11.8. The van der Waals surface area contributed by atoms with E-state index in [9.17, 15) is 18.3 Å². The van der Waals surface area contributed by atoms with Crippen molar-refractivity contribution in [1.29, 1.82) is 0 Å². The highest BCUT2D eigenvalue weighted by Crippen LogP contribution is 2.34. The first-order valence-corrected chi connectivity index (χ1v) is 9.02. The number of hydrogen-bond acceptors (Lipinski definition) is 2. The predicted octanol–water partition coefficient (Wildman–Crippen LogP) is 6.71. The number of aromatic hydroxyl groups is 1. The monoisotopic (exact) mass is 414 g/mol. The van der Waals surface area contributed by atoms with Crippen molar-refractivity contribution >= 4 is 33.9 Å². The van der Waals surface area contributed by atoms with Crippen molar-refractivity contribution in [2.24, 2.45) is 4.99 Å². The molecule has 0 aliphatic carbocycles. The number of aromatic amines is 1. The van der Waals surface area contributed by atoms with Crippen molar-refractivity contribution in [3.63, 3.8) is 0 Å². The Labute approximate surface area is 169 Å². The van der Waals surface area contributed by atoms with Gasteiger partial charge in [-0.2, -0.15) is 13.2 Å². The number of nitrogens with zero attached hydrogens (tertiary/aromatic N) is 1. The van der Waals surface area contributed by atoms with Crippen LogP contribution in [0.15, 0.2) is 77.8 Å². The van der Waals surface area contributed by atoms with Gasteiger partial charge in [0.05, 0.1) is 28.0 Å². The van der Waals surface area contributed by atoms with Gasteiger partial charge >= 0.3 is 6.18 Å². The third-order valence-corrected chi connectivity index (χ3v) is 4.70. The van der Waals surface area contributed by atoms with Crippen LogP contribution in [0.25, 0.3) is 10.9 Å². The second-order valence-corrected chi connectivity index (χ2v) is 6.85. The molecule has 0 fully saturated rings. The van der Waals surface area contributed by atoms with Crippen LogP contribution in [0.1, 0.15) is 16.7 Å². The van der Waals surface area contributed by atoms with Crippen molar-refractivity contribution in [1.82, 2.24) is 4.98 Å². The van der Waals surface area contributed by atoms with Gasteiger partial charge in [-0.05, 0) is 36.4 Å². The molecule has 1 aromatic heterocycles. The van der Waals surface area contributed by atoms with Gasteiger partial charge in [0.15, 0.2) is 5.88 Å². The summed E-state index contributed by atoms with van der Waals surface area (Å²) in [5.74, 6) is -0.100. The summed E-state index contributed by atoms with van der Waals surface area (Å²) in [5.41, 5.74) is 1.79. The summed E-state index contributed by atoms with van der Waals surface area (Å²) in [4.78, 5) is 7.44. The molecule has 4 rings (SSSR count). The molecule has 0 aliphatic rings. The number of benzene rings is 3. The van der Waals surface area contributed by atoms with Gasteiger partial charge in [-0.3, -0.25) is 0 Å². The molecule has 146 valence electrons. The van der Waals surface area contributed by atoms with Crippen LogP contribution in [0.3, 0.4) is 0 Å². The number of aromatic nitrogens is 1. The van der Waals surface area contributed by atoms with Crippen LogP contribution in [-0.2, 0) is 6.18 Å². The average molecular weight is 415 g/mol. The maximum absolute atomic E-state index is 12.8. The lowest BCUT2D eigenvalue weighted by Gasteiger charge is -2.09. The first-order chi connectivity index (χ1) is 13.8. The minimum absolute atomic E-state index is 0.100. The highest BCUT2D eigenvalue weighted by atomic mass is 35.5. The van der Waals surface area contributed by atoms with E-state index < -0.39 is 11.7 Å². The molecule has 0 bridgehead atoms. The molecule has 4 aromatic rings. The molecule has 29 heavy (non-hydrogen) atoms. The minimum atomic E-state index is -4.42. The molecule has 7 heteroatoms. The van der Waals surface area contributed by atoms with Crippen LogP contribution in [0.5, 0.6) is 5.88 Å². The summed E-state index contributed by atoms with van der Waals surface area (Å²) >= 11 is 6.03. The maximum Gasteiger partial charge on any atom is 0.416 e. The van der Waals surface area contributed by atoms with E-state index in [4.69, 9.17) is 11.6 Å². The molecule has 2 N–H and O–H groups in total. The third-order valence-electron chi connectivity index (χ3n) is 4.46. The first kappa shape index (κ1) is 19.1. The summed E-state index contributed by atoms with van der Waals surface area (Å²) < 4.78 is 38.5. The Hall–Kier alpha value is -3.25. The van der Waals surface area contributed by atoms with Crippen LogP contribution >= 0.6 is 11.6 Å². The molecular formula is C22H14ClF3N2O. The largest absolute Gasteiger partial charge is 0.494 e. The molecule has 3 aromatic carbocycles. The van der Waals surface area contributed by atoms with Crippen LogP contribution in [0.2, 0.25) is 5.02 Å². The Balaban J connectivity index is 1.90. The summed E-state index contributed by atoms with van der Waals surface area (Å²) in [6.07, 6.45) is -4.42. The van der Waals surface area contributed by atoms with Crippen molar-refractivity contribution in [2.45, 2.75) is 6.18 Å². The van der Waals surface area contributed by atoms with E-state index in [-0.39, 0.29) is 5.88 Å². The number of hydrogen-bond donors (Lipinski definition) is 2. The molecule has 0 spiro atoms. The van der Waals surface area contributed by atoms with E-state index >= 15 is 0 Å². The number of aliphatic imine (C=N–C) groups is 1. The normalized spacial score (nSPS) is 12.5. The third kappa shape index (κ3) is 3.84. The second kappa shape index (κ2) is 7.29. The van der Waals surface area contributed by atoms with E-state index in [0.29, 0.717) is 38.5 Å². The molecule has 0 radical (unpaired) electrons. The second-order valence-electron chi connectivity index (χ2n) is 6.41. The van der Waals surface area contributed by atoms with Gasteiger partial charge in [0.2, 0.25) is 0 Å². The van der Waals surface area contributed by atoms with E-state index in [2.05, 4.69) is 9.98 Å². The Bertz CT molecular complexity index is 1200. The number of nitrogens with one attached hydrogen (secondary N) is 1. The zero-order chi connectivity index (χ0) is 20.6. The molecule has 0 atom stereocenters. The van der Waals surface area contributed by atoms with Crippen LogP contribution in [0.4, 0.5) is 18.9 Å². The van der Waals surface area contributed by atoms with Gasteiger partial charge in [-0.15, -0.1) is 0 Å². The minimum Gasteiger partial charge on any atom is -0.494 e. The van der Waals surface area contributed by atoms with Gasteiger partial charge in [0.25, 0.3) is 0 Å². The fourth-order valence-electron chi connectivity index (χ4n) is 3.11. The van der Waals surface area contributed by atoms with E-state index in [1.54, 1.807) is 18.2 Å². The van der Waals surface area contributed by atoms with Crippen molar-refractivity contribution in [3.05, 3.63) is 94.5 Å². The SMILES string of the molecule is Oc1[nH]c2cc(Cl)ccc2c1C(=Nc1ccc(C(F)(F)F)cc1)c1ccccc1. The zero-order valence-corrected chi connectivity index (χ0v) is 15.6. The van der Waals surface area contributed by atoms with Crippen molar-refractivity contribution < 1.29 is 18.3 Å². The van der Waals surface area contributed by atoms with Crippen molar-refractivity contribution in [2.75, 3.05) is 0 Å². The fourth-order valence-corrected chi connectivity index (χ4v) is 3.28. The molecule has 1 heterocycles. The standard InChI is InChI=1S/C22H14ClF3N2O/c23-15-8-11-17-18(12-15)28-21(29)19(17)20(13-4-2-1-3-5-13)27-16-9-6-14(7-10-16)22(24,25)26/h1-12,28-29H. The molecule has 0 unspecified atom stereocenters. The fraction of sp³-hybridized carbons (Fsp3) is 0.0455. The van der Waals surface area contributed by atoms with Crippen LogP contribution < -0.4 is 0 Å². The zero-order valence-electron chi connectivity index (χ0n) is 14.8. The highest BCUT2D eigenvalue weighted by Gasteiger charge is 2.30. The molecule has 0 amide bonds. The smallest absolute Gasteiger partial charge is 0.416 e.